The van der Waals surface area contributed by atoms with Gasteiger partial charge in [-0.2, -0.15) is 0 Å². The van der Waals surface area contributed by atoms with Crippen LogP contribution in [0.2, 0.25) is 0 Å². The Hall–Kier alpha value is -3.25. The number of halogens is 1. The monoisotopic (exact) mass is 431 g/mol. The van der Waals surface area contributed by atoms with Crippen molar-refractivity contribution >= 4 is 32.6 Å². The maximum atomic E-state index is 13.4. The molecule has 2 heterocycles. The number of piperazine rings is 1. The Morgan fingerprint density at radius 3 is 2.35 bits per heavy atom. The summed E-state index contributed by atoms with van der Waals surface area (Å²) in [5.74, 6) is -0.176. The summed E-state index contributed by atoms with van der Waals surface area (Å²) in [7, 11) is 0. The molecule has 31 heavy (non-hydrogen) atoms. The van der Waals surface area contributed by atoms with Crippen molar-refractivity contribution < 1.29 is 9.18 Å². The van der Waals surface area contributed by atoms with Crippen LogP contribution in [0.5, 0.6) is 0 Å². The van der Waals surface area contributed by atoms with E-state index in [2.05, 4.69) is 22.0 Å². The number of nitrogens with zero attached hydrogens (tertiary/aromatic N) is 3. The zero-order chi connectivity index (χ0) is 21.2. The number of rotatable bonds is 4. The van der Waals surface area contributed by atoms with E-state index in [1.165, 1.54) is 34.6 Å². The zero-order valence-corrected chi connectivity index (χ0v) is 17.8. The molecule has 0 saturated carbocycles. The van der Waals surface area contributed by atoms with Crippen molar-refractivity contribution in [2.24, 2.45) is 0 Å². The van der Waals surface area contributed by atoms with Gasteiger partial charge in [0.2, 0.25) is 0 Å². The van der Waals surface area contributed by atoms with Crippen LogP contribution in [0.4, 0.5) is 9.52 Å². The summed E-state index contributed by atoms with van der Waals surface area (Å²) in [5.41, 5.74) is 3.99. The van der Waals surface area contributed by atoms with Gasteiger partial charge in [0.15, 0.2) is 5.13 Å². The van der Waals surface area contributed by atoms with Gasteiger partial charge in [0.05, 0.1) is 10.2 Å². The average Bonchev–Trinajstić information content (AvgIpc) is 3.23. The van der Waals surface area contributed by atoms with Gasteiger partial charge in [0.25, 0.3) is 5.91 Å². The second kappa shape index (κ2) is 8.47. The Kier molecular flexibility index (Phi) is 5.38. The lowest BCUT2D eigenvalue weighted by molar-refractivity contribution is 0.0747. The van der Waals surface area contributed by atoms with Gasteiger partial charge in [-0.1, -0.05) is 53.8 Å². The lowest BCUT2D eigenvalue weighted by atomic mass is 10.0. The fraction of sp³-hybridized carbons (Fsp3) is 0.200. The van der Waals surface area contributed by atoms with E-state index in [4.69, 9.17) is 0 Å². The fourth-order valence-corrected chi connectivity index (χ4v) is 4.94. The summed E-state index contributed by atoms with van der Waals surface area (Å²) in [5, 5.41) is 0.887. The van der Waals surface area contributed by atoms with Gasteiger partial charge in [0, 0.05) is 31.7 Å². The largest absolute Gasteiger partial charge is 0.345 e. The van der Waals surface area contributed by atoms with Gasteiger partial charge in [-0.05, 0) is 47.9 Å². The summed E-state index contributed by atoms with van der Waals surface area (Å²) in [6, 6.07) is 22.9. The highest BCUT2D eigenvalue weighted by atomic mass is 32.1. The molecule has 1 saturated heterocycles. The number of carbonyl (C=O) groups excluding carboxylic acids is 1. The Balaban J connectivity index is 1.21. The zero-order valence-electron chi connectivity index (χ0n) is 17.0. The first-order valence-corrected chi connectivity index (χ1v) is 11.2. The van der Waals surface area contributed by atoms with Gasteiger partial charge in [-0.15, -0.1) is 0 Å². The molecule has 0 N–H and O–H groups in total. The molecule has 1 aliphatic heterocycles. The number of carbonyl (C=O) groups is 1. The Morgan fingerprint density at radius 2 is 1.61 bits per heavy atom. The molecule has 0 aliphatic carbocycles. The Bertz CT molecular complexity index is 1200. The van der Waals surface area contributed by atoms with Crippen molar-refractivity contribution in [2.45, 2.75) is 6.42 Å². The maximum Gasteiger partial charge on any atom is 0.253 e. The van der Waals surface area contributed by atoms with Crippen LogP contribution in [-0.2, 0) is 6.42 Å². The molecule has 0 radical (unpaired) electrons. The first-order valence-electron chi connectivity index (χ1n) is 10.4. The number of hydrogen-bond acceptors (Lipinski definition) is 4. The van der Waals surface area contributed by atoms with E-state index < -0.39 is 0 Å². The van der Waals surface area contributed by atoms with E-state index in [1.807, 2.05) is 47.4 Å². The number of anilines is 1. The highest BCUT2D eigenvalue weighted by molar-refractivity contribution is 7.22. The van der Waals surface area contributed by atoms with Crippen molar-refractivity contribution in [3.05, 3.63) is 95.3 Å². The van der Waals surface area contributed by atoms with Crippen molar-refractivity contribution in [1.29, 1.82) is 0 Å². The van der Waals surface area contributed by atoms with E-state index >= 15 is 0 Å². The lowest BCUT2D eigenvalue weighted by Crippen LogP contribution is -2.48. The minimum atomic E-state index is -0.243. The van der Waals surface area contributed by atoms with Gasteiger partial charge in [-0.25, -0.2) is 9.37 Å². The van der Waals surface area contributed by atoms with Crippen LogP contribution < -0.4 is 4.90 Å². The third-order valence-electron chi connectivity index (χ3n) is 5.63. The molecule has 5 rings (SSSR count). The highest BCUT2D eigenvalue weighted by Gasteiger charge is 2.24. The minimum absolute atomic E-state index is 0.0669. The van der Waals surface area contributed by atoms with Crippen LogP contribution in [0.15, 0.2) is 72.8 Å². The average molecular weight is 432 g/mol. The predicted octanol–water partition coefficient (Wildman–Crippen LogP) is 4.99. The summed E-state index contributed by atoms with van der Waals surface area (Å²) in [6.45, 7) is 2.74. The highest BCUT2D eigenvalue weighted by Crippen LogP contribution is 2.30. The smallest absolute Gasteiger partial charge is 0.253 e. The molecular weight excluding hydrogens is 409 g/mol. The van der Waals surface area contributed by atoms with Crippen LogP contribution in [0.1, 0.15) is 21.5 Å². The predicted molar refractivity (Wildman–Crippen MR) is 123 cm³/mol. The standard InChI is InChI=1S/C25H22FN3OS/c26-21-10-11-22-23(17-21)31-25(27-22)29-14-12-28(13-15-29)24(30)20-8-6-19(7-9-20)16-18-4-2-1-3-5-18/h1-11,17H,12-16H2. The lowest BCUT2D eigenvalue weighted by Gasteiger charge is -2.34. The molecule has 0 spiro atoms. The molecule has 4 nitrogen and oxygen atoms in total. The molecule has 1 amide bonds. The second-order valence-corrected chi connectivity index (χ2v) is 8.76. The van der Waals surface area contributed by atoms with Crippen molar-refractivity contribution in [3.8, 4) is 0 Å². The van der Waals surface area contributed by atoms with Crippen LogP contribution in [0.25, 0.3) is 10.2 Å². The quantitative estimate of drug-likeness (QED) is 0.457. The summed E-state index contributed by atoms with van der Waals surface area (Å²) >= 11 is 1.50. The molecule has 1 aromatic heterocycles. The molecule has 1 aliphatic rings. The molecule has 3 aromatic carbocycles. The number of aromatic nitrogens is 1. The van der Waals surface area contributed by atoms with Crippen molar-refractivity contribution in [2.75, 3.05) is 31.1 Å². The maximum absolute atomic E-state index is 13.4. The van der Waals surface area contributed by atoms with Gasteiger partial charge in [-0.3, -0.25) is 4.79 Å². The SMILES string of the molecule is O=C(c1ccc(Cc2ccccc2)cc1)N1CCN(c2nc3ccc(F)cc3s2)CC1. The number of benzene rings is 3. The van der Waals surface area contributed by atoms with Crippen LogP contribution in [0.3, 0.4) is 0 Å². The number of amides is 1. The van der Waals surface area contributed by atoms with E-state index in [0.717, 1.165) is 40.4 Å². The molecule has 156 valence electrons. The minimum Gasteiger partial charge on any atom is -0.345 e. The molecule has 0 unspecified atom stereocenters. The third-order valence-corrected chi connectivity index (χ3v) is 6.71. The van der Waals surface area contributed by atoms with E-state index in [0.29, 0.717) is 13.1 Å². The van der Waals surface area contributed by atoms with Crippen LogP contribution in [0, 0.1) is 5.82 Å². The Labute approximate surface area is 184 Å². The summed E-state index contributed by atoms with van der Waals surface area (Å²) in [4.78, 5) is 21.6. The topological polar surface area (TPSA) is 36.4 Å². The molecule has 6 heteroatoms. The summed E-state index contributed by atoms with van der Waals surface area (Å²) < 4.78 is 14.3. The molecular formula is C25H22FN3OS. The van der Waals surface area contributed by atoms with Gasteiger partial charge in [0.1, 0.15) is 5.82 Å². The first-order chi connectivity index (χ1) is 15.2. The van der Waals surface area contributed by atoms with Crippen LogP contribution in [-0.4, -0.2) is 42.0 Å². The van der Waals surface area contributed by atoms with Crippen molar-refractivity contribution in [3.63, 3.8) is 0 Å². The Morgan fingerprint density at radius 1 is 0.903 bits per heavy atom. The third kappa shape index (κ3) is 4.30. The first kappa shape index (κ1) is 19.7. The van der Waals surface area contributed by atoms with Gasteiger partial charge < -0.3 is 9.80 Å². The van der Waals surface area contributed by atoms with Crippen molar-refractivity contribution in [1.82, 2.24) is 9.88 Å². The molecule has 4 aromatic rings. The van der Waals surface area contributed by atoms with E-state index in [9.17, 15) is 9.18 Å². The summed E-state index contributed by atoms with van der Waals surface area (Å²) in [6.07, 6.45) is 0.861. The van der Waals surface area contributed by atoms with Gasteiger partial charge >= 0.3 is 0 Å². The number of fused-ring (bicyclic) bond motifs is 1. The van der Waals surface area contributed by atoms with E-state index in [-0.39, 0.29) is 11.7 Å². The number of hydrogen-bond donors (Lipinski definition) is 0. The molecule has 0 atom stereocenters. The fourth-order valence-electron chi connectivity index (χ4n) is 3.90. The molecule has 0 bridgehead atoms. The number of thiazole rings is 1. The van der Waals surface area contributed by atoms with Crippen LogP contribution >= 0.6 is 11.3 Å². The second-order valence-electron chi connectivity index (χ2n) is 7.75. The van der Waals surface area contributed by atoms with E-state index in [1.54, 1.807) is 6.07 Å². The molecule has 1 fully saturated rings. The normalized spacial score (nSPS) is 14.2.